The van der Waals surface area contributed by atoms with Gasteiger partial charge in [-0.2, -0.15) is 0 Å². The number of aromatic nitrogens is 2. The van der Waals surface area contributed by atoms with E-state index < -0.39 is 0 Å². The number of nitrogens with zero attached hydrogens (tertiary/aromatic N) is 2. The van der Waals surface area contributed by atoms with Gasteiger partial charge in [0.05, 0.1) is 12.8 Å². The average molecular weight is 245 g/mol. The first kappa shape index (κ1) is 12.6. The van der Waals surface area contributed by atoms with Crippen LogP contribution in [0.25, 0.3) is 11.4 Å². The molecule has 0 amide bonds. The molecule has 96 valence electrons. The molecule has 1 heterocycles. The van der Waals surface area contributed by atoms with Gasteiger partial charge < -0.3 is 15.0 Å². The van der Waals surface area contributed by atoms with E-state index in [-0.39, 0.29) is 0 Å². The van der Waals surface area contributed by atoms with Gasteiger partial charge in [0.2, 0.25) is 0 Å². The second-order valence-corrected chi connectivity index (χ2v) is 4.30. The topological polar surface area (TPSA) is 53.1 Å². The number of nitrogens with two attached hydrogens (primary N) is 1. The molecule has 0 aliphatic heterocycles. The van der Waals surface area contributed by atoms with Crippen molar-refractivity contribution in [1.29, 1.82) is 0 Å². The number of imidazole rings is 1. The molecule has 0 saturated carbocycles. The van der Waals surface area contributed by atoms with Crippen LogP contribution in [0.5, 0.6) is 5.75 Å². The van der Waals surface area contributed by atoms with Crippen molar-refractivity contribution in [1.82, 2.24) is 9.55 Å². The Morgan fingerprint density at radius 2 is 2.17 bits per heavy atom. The molecule has 0 bridgehead atoms. The van der Waals surface area contributed by atoms with Crippen LogP contribution in [0.4, 0.5) is 0 Å². The molecule has 18 heavy (non-hydrogen) atoms. The zero-order chi connectivity index (χ0) is 13.1. The van der Waals surface area contributed by atoms with Gasteiger partial charge in [-0.1, -0.05) is 12.1 Å². The van der Waals surface area contributed by atoms with Crippen LogP contribution in [-0.4, -0.2) is 23.2 Å². The van der Waals surface area contributed by atoms with Crippen LogP contribution in [-0.2, 0) is 13.5 Å². The highest BCUT2D eigenvalue weighted by molar-refractivity contribution is 5.59. The zero-order valence-corrected chi connectivity index (χ0v) is 11.1. The highest BCUT2D eigenvalue weighted by atomic mass is 16.5. The number of rotatable bonds is 4. The van der Waals surface area contributed by atoms with Crippen molar-refractivity contribution in [2.45, 2.75) is 13.3 Å². The highest BCUT2D eigenvalue weighted by Crippen LogP contribution is 2.24. The molecule has 0 saturated heterocycles. The van der Waals surface area contributed by atoms with Crippen LogP contribution in [0.2, 0.25) is 0 Å². The van der Waals surface area contributed by atoms with Gasteiger partial charge in [-0.25, -0.2) is 4.98 Å². The normalized spacial score (nSPS) is 10.7. The van der Waals surface area contributed by atoms with Gasteiger partial charge >= 0.3 is 0 Å². The fourth-order valence-electron chi connectivity index (χ4n) is 2.03. The van der Waals surface area contributed by atoms with E-state index in [1.807, 2.05) is 31.3 Å². The summed E-state index contributed by atoms with van der Waals surface area (Å²) in [5.41, 5.74) is 8.89. The Balaban J connectivity index is 2.46. The minimum atomic E-state index is 0.620. The second-order valence-electron chi connectivity index (χ2n) is 4.30. The molecular formula is C14H19N3O. The smallest absolute Gasteiger partial charge is 0.140 e. The Bertz CT molecular complexity index is 546. The third kappa shape index (κ3) is 2.24. The molecule has 4 nitrogen and oxygen atoms in total. The van der Waals surface area contributed by atoms with Crippen molar-refractivity contribution in [3.8, 4) is 17.1 Å². The van der Waals surface area contributed by atoms with Crippen LogP contribution in [0.3, 0.4) is 0 Å². The quantitative estimate of drug-likeness (QED) is 0.895. The highest BCUT2D eigenvalue weighted by Gasteiger charge is 2.12. The molecule has 0 radical (unpaired) electrons. The van der Waals surface area contributed by atoms with Crippen molar-refractivity contribution < 1.29 is 4.74 Å². The van der Waals surface area contributed by atoms with Gasteiger partial charge in [-0.3, -0.25) is 0 Å². The van der Waals surface area contributed by atoms with E-state index >= 15 is 0 Å². The molecule has 4 heteroatoms. The van der Waals surface area contributed by atoms with Gasteiger partial charge in [-0.15, -0.1) is 0 Å². The van der Waals surface area contributed by atoms with Crippen molar-refractivity contribution in [2.24, 2.45) is 12.8 Å². The maximum absolute atomic E-state index is 5.60. The van der Waals surface area contributed by atoms with Crippen LogP contribution in [0, 0.1) is 6.92 Å². The Morgan fingerprint density at radius 3 is 2.83 bits per heavy atom. The van der Waals surface area contributed by atoms with Crippen LogP contribution < -0.4 is 10.5 Å². The Hall–Kier alpha value is -1.81. The summed E-state index contributed by atoms with van der Waals surface area (Å²) in [5, 5.41) is 0. The molecule has 0 spiro atoms. The van der Waals surface area contributed by atoms with Crippen LogP contribution >= 0.6 is 0 Å². The van der Waals surface area contributed by atoms with Crippen molar-refractivity contribution >= 4 is 0 Å². The second kappa shape index (κ2) is 5.23. The maximum atomic E-state index is 5.60. The van der Waals surface area contributed by atoms with E-state index in [0.717, 1.165) is 29.3 Å². The molecular weight excluding hydrogens is 226 g/mol. The van der Waals surface area contributed by atoms with Gasteiger partial charge in [0, 0.05) is 24.7 Å². The fourth-order valence-corrected chi connectivity index (χ4v) is 2.03. The summed E-state index contributed by atoms with van der Waals surface area (Å²) < 4.78 is 7.34. The number of hydrogen-bond acceptors (Lipinski definition) is 3. The third-order valence-electron chi connectivity index (χ3n) is 3.19. The molecule has 0 atom stereocenters. The average Bonchev–Trinajstić information content (AvgIpc) is 2.68. The lowest BCUT2D eigenvalue weighted by Crippen LogP contribution is -2.04. The predicted octanol–water partition coefficient (Wildman–Crippen LogP) is 1.91. The van der Waals surface area contributed by atoms with E-state index in [1.165, 1.54) is 5.69 Å². The molecule has 1 aromatic carbocycles. The SMILES string of the molecule is COc1cccc(-c2nc(CCN)c(C)n2C)c1. The molecule has 0 aliphatic carbocycles. The standard InChI is InChI=1S/C14H19N3O/c1-10-13(7-8-15)16-14(17(10)2)11-5-4-6-12(9-11)18-3/h4-6,9H,7-8,15H2,1-3H3. The number of methoxy groups -OCH3 is 1. The molecule has 0 fully saturated rings. The minimum Gasteiger partial charge on any atom is -0.497 e. The first-order valence-corrected chi connectivity index (χ1v) is 6.04. The molecule has 0 unspecified atom stereocenters. The summed E-state index contributed by atoms with van der Waals surface area (Å²) in [6.07, 6.45) is 0.809. The maximum Gasteiger partial charge on any atom is 0.140 e. The lowest BCUT2D eigenvalue weighted by Gasteiger charge is -2.05. The Kier molecular flexibility index (Phi) is 3.67. The van der Waals surface area contributed by atoms with Crippen molar-refractivity contribution in [3.63, 3.8) is 0 Å². The minimum absolute atomic E-state index is 0.620. The summed E-state index contributed by atoms with van der Waals surface area (Å²) in [6.45, 7) is 2.69. The van der Waals surface area contributed by atoms with E-state index in [2.05, 4.69) is 16.5 Å². The summed E-state index contributed by atoms with van der Waals surface area (Å²) >= 11 is 0. The Morgan fingerprint density at radius 1 is 1.39 bits per heavy atom. The van der Waals surface area contributed by atoms with Gasteiger partial charge in [0.1, 0.15) is 11.6 Å². The van der Waals surface area contributed by atoms with Crippen molar-refractivity contribution in [3.05, 3.63) is 35.7 Å². The van der Waals surface area contributed by atoms with Gasteiger partial charge in [-0.05, 0) is 25.6 Å². The third-order valence-corrected chi connectivity index (χ3v) is 3.19. The van der Waals surface area contributed by atoms with E-state index in [9.17, 15) is 0 Å². The van der Waals surface area contributed by atoms with Crippen LogP contribution in [0.15, 0.2) is 24.3 Å². The van der Waals surface area contributed by atoms with Gasteiger partial charge in [0.25, 0.3) is 0 Å². The van der Waals surface area contributed by atoms with E-state index in [4.69, 9.17) is 10.5 Å². The number of ether oxygens (including phenoxy) is 1. The van der Waals surface area contributed by atoms with E-state index in [0.29, 0.717) is 6.54 Å². The fraction of sp³-hybridized carbons (Fsp3) is 0.357. The first-order chi connectivity index (χ1) is 8.67. The largest absolute Gasteiger partial charge is 0.497 e. The van der Waals surface area contributed by atoms with Crippen LogP contribution in [0.1, 0.15) is 11.4 Å². The van der Waals surface area contributed by atoms with Gasteiger partial charge in [0.15, 0.2) is 0 Å². The molecule has 0 aliphatic rings. The monoisotopic (exact) mass is 245 g/mol. The molecule has 1 aromatic heterocycles. The predicted molar refractivity (Wildman–Crippen MR) is 72.7 cm³/mol. The zero-order valence-electron chi connectivity index (χ0n) is 11.1. The number of hydrogen-bond donors (Lipinski definition) is 1. The summed E-state index contributed by atoms with van der Waals surface area (Å²) in [6, 6.07) is 7.94. The first-order valence-electron chi connectivity index (χ1n) is 6.04. The molecule has 2 aromatic rings. The molecule has 2 N–H and O–H groups in total. The Labute approximate surface area is 107 Å². The summed E-state index contributed by atoms with van der Waals surface area (Å²) in [5.74, 6) is 1.79. The lowest BCUT2D eigenvalue weighted by atomic mass is 10.2. The summed E-state index contributed by atoms with van der Waals surface area (Å²) in [4.78, 5) is 4.67. The van der Waals surface area contributed by atoms with E-state index in [1.54, 1.807) is 7.11 Å². The number of benzene rings is 1. The summed E-state index contributed by atoms with van der Waals surface area (Å²) in [7, 11) is 3.69. The lowest BCUT2D eigenvalue weighted by molar-refractivity contribution is 0.415. The molecule has 2 rings (SSSR count). The van der Waals surface area contributed by atoms with Crippen molar-refractivity contribution in [2.75, 3.05) is 13.7 Å².